The zero-order valence-electron chi connectivity index (χ0n) is 16.2. The fourth-order valence-electron chi connectivity index (χ4n) is 3.76. The highest BCUT2D eigenvalue weighted by molar-refractivity contribution is 14.0. The van der Waals surface area contributed by atoms with E-state index >= 15 is 0 Å². The van der Waals surface area contributed by atoms with Gasteiger partial charge in [0.25, 0.3) is 0 Å². The molecule has 0 bridgehead atoms. The molecule has 0 radical (unpaired) electrons. The van der Waals surface area contributed by atoms with Crippen LogP contribution >= 0.6 is 24.0 Å². The molecule has 1 atom stereocenters. The molecule has 2 fully saturated rings. The second-order valence-corrected chi connectivity index (χ2v) is 7.70. The molecule has 5 nitrogen and oxygen atoms in total. The van der Waals surface area contributed by atoms with Crippen molar-refractivity contribution < 1.29 is 4.79 Å². The lowest BCUT2D eigenvalue weighted by atomic mass is 9.87. The lowest BCUT2D eigenvalue weighted by Gasteiger charge is -2.31. The highest BCUT2D eigenvalue weighted by Crippen LogP contribution is 2.23. The maximum atomic E-state index is 12.3. The second kappa shape index (κ2) is 12.0. The number of guanidine groups is 1. The van der Waals surface area contributed by atoms with E-state index in [1.54, 1.807) is 0 Å². The molecule has 146 valence electrons. The molecule has 6 heteroatoms. The van der Waals surface area contributed by atoms with Crippen LogP contribution in [-0.4, -0.2) is 49.0 Å². The van der Waals surface area contributed by atoms with Crippen molar-refractivity contribution in [1.29, 1.82) is 0 Å². The first kappa shape index (κ1) is 22.5. The Morgan fingerprint density at radius 1 is 1.12 bits per heavy atom. The van der Waals surface area contributed by atoms with Gasteiger partial charge in [0.05, 0.1) is 6.54 Å². The van der Waals surface area contributed by atoms with Crippen molar-refractivity contribution in [2.45, 2.75) is 71.8 Å². The molecule has 2 aliphatic rings. The molecule has 1 saturated carbocycles. The number of carbonyl (C=O) groups is 1. The molecule has 0 aromatic carbocycles. The maximum absolute atomic E-state index is 12.3. The van der Waals surface area contributed by atoms with Crippen molar-refractivity contribution in [2.24, 2.45) is 16.8 Å². The minimum atomic E-state index is 0. The number of nitrogens with one attached hydrogen (secondary N) is 2. The predicted molar refractivity (Wildman–Crippen MR) is 116 cm³/mol. The molecule has 0 spiro atoms. The van der Waals surface area contributed by atoms with Crippen molar-refractivity contribution in [3.8, 4) is 0 Å². The Morgan fingerprint density at radius 2 is 1.84 bits per heavy atom. The van der Waals surface area contributed by atoms with Crippen LogP contribution in [0.25, 0.3) is 0 Å². The van der Waals surface area contributed by atoms with E-state index in [2.05, 4.69) is 36.4 Å². The number of amides is 1. The summed E-state index contributed by atoms with van der Waals surface area (Å²) in [5.74, 6) is 2.62. The standard InChI is InChI=1S/C19H36N4O.HI/c1-4-20-19(22-17-9-7-15(2)8-10-17)21-12-11-18(24)23-13-5-6-16(3)14-23;/h15-17H,4-14H2,1-3H3,(H2,20,21,22);1H. The summed E-state index contributed by atoms with van der Waals surface area (Å²) in [7, 11) is 0. The monoisotopic (exact) mass is 464 g/mol. The van der Waals surface area contributed by atoms with Crippen molar-refractivity contribution in [3.63, 3.8) is 0 Å². The van der Waals surface area contributed by atoms with E-state index in [1.165, 1.54) is 32.1 Å². The number of nitrogens with zero attached hydrogens (tertiary/aromatic N) is 2. The third-order valence-corrected chi connectivity index (χ3v) is 5.31. The van der Waals surface area contributed by atoms with Gasteiger partial charge in [0.1, 0.15) is 0 Å². The van der Waals surface area contributed by atoms with Crippen molar-refractivity contribution >= 4 is 35.8 Å². The Hall–Kier alpha value is -0.530. The Morgan fingerprint density at radius 3 is 2.48 bits per heavy atom. The van der Waals surface area contributed by atoms with Gasteiger partial charge in [-0.05, 0) is 57.3 Å². The van der Waals surface area contributed by atoms with Crippen molar-refractivity contribution in [3.05, 3.63) is 0 Å². The van der Waals surface area contributed by atoms with E-state index in [1.807, 2.05) is 4.90 Å². The van der Waals surface area contributed by atoms with Gasteiger partial charge in [0, 0.05) is 32.1 Å². The zero-order chi connectivity index (χ0) is 17.4. The maximum Gasteiger partial charge on any atom is 0.224 e. The van der Waals surface area contributed by atoms with Crippen LogP contribution in [0, 0.1) is 11.8 Å². The Balaban J connectivity index is 0.00000312. The van der Waals surface area contributed by atoms with Crippen LogP contribution in [0.1, 0.15) is 65.7 Å². The summed E-state index contributed by atoms with van der Waals surface area (Å²) in [6.45, 7) is 9.92. The van der Waals surface area contributed by atoms with E-state index in [4.69, 9.17) is 0 Å². The SMILES string of the molecule is CCNC(=NCCC(=O)N1CCCC(C)C1)NC1CCC(C)CC1.I. The summed E-state index contributed by atoms with van der Waals surface area (Å²) in [5.41, 5.74) is 0. The van der Waals surface area contributed by atoms with Gasteiger partial charge < -0.3 is 15.5 Å². The van der Waals surface area contributed by atoms with Crippen LogP contribution in [-0.2, 0) is 4.79 Å². The molecular weight excluding hydrogens is 427 g/mol. The first-order chi connectivity index (χ1) is 11.6. The largest absolute Gasteiger partial charge is 0.357 e. The molecule has 1 aliphatic carbocycles. The van der Waals surface area contributed by atoms with Crippen LogP contribution in [0.3, 0.4) is 0 Å². The minimum Gasteiger partial charge on any atom is -0.357 e. The summed E-state index contributed by atoms with van der Waals surface area (Å²) in [6, 6.07) is 0.526. The lowest BCUT2D eigenvalue weighted by Crippen LogP contribution is -2.45. The van der Waals surface area contributed by atoms with Crippen molar-refractivity contribution in [2.75, 3.05) is 26.2 Å². The number of aliphatic imine (C=N–C) groups is 1. The number of hydrogen-bond donors (Lipinski definition) is 2. The number of carbonyl (C=O) groups excluding carboxylic acids is 1. The van der Waals surface area contributed by atoms with Crippen molar-refractivity contribution in [1.82, 2.24) is 15.5 Å². The van der Waals surface area contributed by atoms with Gasteiger partial charge in [-0.2, -0.15) is 0 Å². The van der Waals surface area contributed by atoms with Gasteiger partial charge in [-0.25, -0.2) is 0 Å². The third-order valence-electron chi connectivity index (χ3n) is 5.31. The summed E-state index contributed by atoms with van der Waals surface area (Å²) in [4.78, 5) is 19.0. The fourth-order valence-corrected chi connectivity index (χ4v) is 3.76. The summed E-state index contributed by atoms with van der Waals surface area (Å²) in [5, 5.41) is 6.87. The number of piperidine rings is 1. The average Bonchev–Trinajstić information content (AvgIpc) is 2.57. The number of likely N-dealkylation sites (tertiary alicyclic amines) is 1. The van der Waals surface area contributed by atoms with Crippen LogP contribution in [0.4, 0.5) is 0 Å². The highest BCUT2D eigenvalue weighted by atomic mass is 127. The second-order valence-electron chi connectivity index (χ2n) is 7.70. The number of rotatable bonds is 5. The molecule has 25 heavy (non-hydrogen) atoms. The zero-order valence-corrected chi connectivity index (χ0v) is 18.6. The van der Waals surface area contributed by atoms with Gasteiger partial charge in [-0.1, -0.05) is 13.8 Å². The molecule has 1 amide bonds. The smallest absolute Gasteiger partial charge is 0.224 e. The predicted octanol–water partition coefficient (Wildman–Crippen LogP) is 3.39. The molecule has 1 unspecified atom stereocenters. The Bertz CT molecular complexity index is 422. The lowest BCUT2D eigenvalue weighted by molar-refractivity contribution is -0.132. The van der Waals surface area contributed by atoms with Gasteiger partial charge in [-0.3, -0.25) is 9.79 Å². The van der Waals surface area contributed by atoms with Gasteiger partial charge in [0.2, 0.25) is 5.91 Å². The van der Waals surface area contributed by atoms with Crippen LogP contribution in [0.2, 0.25) is 0 Å². The van der Waals surface area contributed by atoms with Gasteiger partial charge in [-0.15, -0.1) is 24.0 Å². The molecule has 1 aliphatic heterocycles. The van der Waals surface area contributed by atoms with Gasteiger partial charge >= 0.3 is 0 Å². The normalized spacial score (nSPS) is 27.4. The first-order valence-electron chi connectivity index (χ1n) is 9.91. The van der Waals surface area contributed by atoms with Crippen LogP contribution in [0.15, 0.2) is 4.99 Å². The molecule has 1 heterocycles. The van der Waals surface area contributed by atoms with E-state index in [9.17, 15) is 4.79 Å². The van der Waals surface area contributed by atoms with Gasteiger partial charge in [0.15, 0.2) is 5.96 Å². The Labute approximate surface area is 170 Å². The van der Waals surface area contributed by atoms with E-state index in [0.717, 1.165) is 37.9 Å². The number of hydrogen-bond acceptors (Lipinski definition) is 2. The summed E-state index contributed by atoms with van der Waals surface area (Å²) in [6.07, 6.45) is 7.93. The molecule has 1 saturated heterocycles. The van der Waals surface area contributed by atoms with Crippen LogP contribution < -0.4 is 10.6 Å². The third kappa shape index (κ3) is 8.13. The topological polar surface area (TPSA) is 56.7 Å². The molecule has 0 aromatic heterocycles. The molecular formula is C19H37IN4O. The molecule has 0 aromatic rings. The highest BCUT2D eigenvalue weighted by Gasteiger charge is 2.21. The van der Waals surface area contributed by atoms with E-state index in [0.29, 0.717) is 24.9 Å². The first-order valence-corrected chi connectivity index (χ1v) is 9.91. The number of halogens is 1. The fraction of sp³-hybridized carbons (Fsp3) is 0.895. The summed E-state index contributed by atoms with van der Waals surface area (Å²) >= 11 is 0. The van der Waals surface area contributed by atoms with E-state index < -0.39 is 0 Å². The molecule has 2 N–H and O–H groups in total. The average molecular weight is 464 g/mol. The quantitative estimate of drug-likeness (QED) is 0.373. The van der Waals surface area contributed by atoms with Crippen LogP contribution in [0.5, 0.6) is 0 Å². The minimum absolute atomic E-state index is 0. The molecule has 2 rings (SSSR count). The summed E-state index contributed by atoms with van der Waals surface area (Å²) < 4.78 is 0. The van der Waals surface area contributed by atoms with E-state index in [-0.39, 0.29) is 29.9 Å². The Kier molecular flexibility index (Phi) is 10.8.